The first-order chi connectivity index (χ1) is 16.8. The predicted molar refractivity (Wildman–Crippen MR) is 130 cm³/mol. The Balaban J connectivity index is 1.32. The fourth-order valence-corrected chi connectivity index (χ4v) is 4.17. The number of phenols is 1. The molecule has 2 aliphatic heterocycles. The summed E-state index contributed by atoms with van der Waals surface area (Å²) in [5, 5.41) is 13.0. The summed E-state index contributed by atoms with van der Waals surface area (Å²) in [4.78, 5) is 15.0. The van der Waals surface area contributed by atoms with Crippen LogP contribution in [0.25, 0.3) is 0 Å². The summed E-state index contributed by atoms with van der Waals surface area (Å²) >= 11 is 0. The molecule has 0 bridgehead atoms. The summed E-state index contributed by atoms with van der Waals surface area (Å²) in [6.45, 7) is 6.02. The molecular formula is C27H27FN2O5. The quantitative estimate of drug-likeness (QED) is 0.524. The van der Waals surface area contributed by atoms with Gasteiger partial charge >= 0.3 is 0 Å². The highest BCUT2D eigenvalue weighted by Gasteiger charge is 2.32. The molecular weight excluding hydrogens is 451 g/mol. The van der Waals surface area contributed by atoms with E-state index in [0.29, 0.717) is 32.1 Å². The Hall–Kier alpha value is -3.62. The van der Waals surface area contributed by atoms with Gasteiger partial charge < -0.3 is 29.5 Å². The van der Waals surface area contributed by atoms with E-state index in [9.17, 15) is 14.3 Å². The van der Waals surface area contributed by atoms with E-state index in [1.54, 1.807) is 12.1 Å². The zero-order valence-electron chi connectivity index (χ0n) is 19.6. The van der Waals surface area contributed by atoms with E-state index in [2.05, 4.69) is 10.2 Å². The van der Waals surface area contributed by atoms with Crippen LogP contribution < -0.4 is 15.0 Å². The van der Waals surface area contributed by atoms with Gasteiger partial charge in [-0.15, -0.1) is 0 Å². The number of aromatic hydroxyl groups is 1. The molecule has 0 radical (unpaired) electrons. The first kappa shape index (κ1) is 23.1. The van der Waals surface area contributed by atoms with Crippen molar-refractivity contribution in [2.45, 2.75) is 20.1 Å². The van der Waals surface area contributed by atoms with E-state index in [-0.39, 0.29) is 16.5 Å². The molecule has 2 heterocycles. The van der Waals surface area contributed by atoms with E-state index < -0.39 is 23.8 Å². The molecule has 0 aliphatic carbocycles. The molecule has 2 aliphatic rings. The van der Waals surface area contributed by atoms with Crippen molar-refractivity contribution < 1.29 is 28.5 Å². The van der Waals surface area contributed by atoms with Crippen molar-refractivity contribution >= 4 is 23.0 Å². The number of para-hydroxylation sites is 2. The molecule has 1 amide bonds. The highest BCUT2D eigenvalue weighted by molar-refractivity contribution is 6.04. The maximum absolute atomic E-state index is 14.5. The molecule has 3 aromatic carbocycles. The molecule has 8 heteroatoms. The molecule has 0 aromatic heterocycles. The van der Waals surface area contributed by atoms with Crippen molar-refractivity contribution in [2.75, 3.05) is 36.6 Å². The van der Waals surface area contributed by atoms with Crippen LogP contribution in [0.1, 0.15) is 36.1 Å². The van der Waals surface area contributed by atoms with Crippen molar-refractivity contribution in [2.24, 2.45) is 5.41 Å². The fourth-order valence-electron chi connectivity index (χ4n) is 4.17. The third-order valence-electron chi connectivity index (χ3n) is 6.03. The summed E-state index contributed by atoms with van der Waals surface area (Å²) in [5.74, 6) is -1.17. The number of carbonyl (C=O) groups excluding carboxylic acids is 1. The minimum Gasteiger partial charge on any atom is -0.504 e. The molecule has 35 heavy (non-hydrogen) atoms. The van der Waals surface area contributed by atoms with E-state index in [4.69, 9.17) is 14.2 Å². The van der Waals surface area contributed by atoms with Crippen molar-refractivity contribution in [1.82, 2.24) is 0 Å². The largest absolute Gasteiger partial charge is 0.504 e. The lowest BCUT2D eigenvalue weighted by Gasteiger charge is -2.34. The standard InChI is InChI=1S/C27H27FN2O5/c1-27(2)15-34-26(35-16-27)20-13-17(14-21(28)24(20)31)25(32)29-18-7-9-19(10-8-18)30-11-12-33-23-6-4-3-5-22(23)30/h3-10,13-14,26,31H,11-12,15-16H2,1-2H3,(H,29,32). The minimum absolute atomic E-state index is 0.0542. The van der Waals surface area contributed by atoms with Gasteiger partial charge in [-0.05, 0) is 48.5 Å². The lowest BCUT2D eigenvalue weighted by Crippen LogP contribution is -2.34. The van der Waals surface area contributed by atoms with E-state index in [0.717, 1.165) is 23.2 Å². The molecule has 0 unspecified atom stereocenters. The second-order valence-corrected chi connectivity index (χ2v) is 9.48. The number of hydrogen-bond donors (Lipinski definition) is 2. The maximum Gasteiger partial charge on any atom is 0.255 e. The molecule has 1 saturated heterocycles. The topological polar surface area (TPSA) is 80.3 Å². The van der Waals surface area contributed by atoms with Crippen molar-refractivity contribution in [3.05, 3.63) is 77.6 Å². The van der Waals surface area contributed by atoms with Gasteiger partial charge in [-0.25, -0.2) is 4.39 Å². The first-order valence-corrected chi connectivity index (χ1v) is 11.5. The van der Waals surface area contributed by atoms with Crippen LogP contribution in [0.15, 0.2) is 60.7 Å². The van der Waals surface area contributed by atoms with Gasteiger partial charge in [0.05, 0.1) is 31.0 Å². The smallest absolute Gasteiger partial charge is 0.255 e. The Morgan fingerprint density at radius 2 is 1.80 bits per heavy atom. The Morgan fingerprint density at radius 3 is 2.54 bits per heavy atom. The normalized spacial score (nSPS) is 17.4. The van der Waals surface area contributed by atoms with Crippen molar-refractivity contribution in [3.63, 3.8) is 0 Å². The van der Waals surface area contributed by atoms with Gasteiger partial charge in [0.25, 0.3) is 5.91 Å². The maximum atomic E-state index is 14.5. The number of halogens is 1. The van der Waals surface area contributed by atoms with Crippen LogP contribution in [0.5, 0.6) is 11.5 Å². The summed E-state index contributed by atoms with van der Waals surface area (Å²) in [6.07, 6.45) is -0.944. The molecule has 7 nitrogen and oxygen atoms in total. The summed E-state index contributed by atoms with van der Waals surface area (Å²) < 4.78 is 31.5. The minimum atomic E-state index is -0.944. The predicted octanol–water partition coefficient (Wildman–Crippen LogP) is 5.39. The van der Waals surface area contributed by atoms with Crippen LogP contribution in [0.4, 0.5) is 21.5 Å². The number of phenolic OH excluding ortho intramolecular Hbond substituents is 1. The molecule has 5 rings (SSSR count). The van der Waals surface area contributed by atoms with Crippen LogP contribution in [-0.4, -0.2) is 37.4 Å². The molecule has 2 N–H and O–H groups in total. The monoisotopic (exact) mass is 478 g/mol. The number of benzene rings is 3. The number of anilines is 3. The molecule has 0 spiro atoms. The van der Waals surface area contributed by atoms with Gasteiger partial charge in [0.15, 0.2) is 17.9 Å². The van der Waals surface area contributed by atoms with Gasteiger partial charge in [0, 0.05) is 22.4 Å². The van der Waals surface area contributed by atoms with Gasteiger partial charge in [-0.1, -0.05) is 26.0 Å². The number of amides is 1. The molecule has 182 valence electrons. The van der Waals surface area contributed by atoms with Crippen LogP contribution in [-0.2, 0) is 9.47 Å². The van der Waals surface area contributed by atoms with Gasteiger partial charge in [0.1, 0.15) is 12.4 Å². The van der Waals surface area contributed by atoms with Crippen LogP contribution >= 0.6 is 0 Å². The third-order valence-corrected chi connectivity index (χ3v) is 6.03. The summed E-state index contributed by atoms with van der Waals surface area (Å²) in [5.41, 5.74) is 2.46. The van der Waals surface area contributed by atoms with Gasteiger partial charge in [0.2, 0.25) is 0 Å². The number of ether oxygens (including phenoxy) is 3. The number of carbonyl (C=O) groups is 1. The lowest BCUT2D eigenvalue weighted by molar-refractivity contribution is -0.226. The average Bonchev–Trinajstić information content (AvgIpc) is 2.86. The average molecular weight is 479 g/mol. The van der Waals surface area contributed by atoms with Crippen molar-refractivity contribution in [1.29, 1.82) is 0 Å². The second kappa shape index (κ2) is 9.20. The zero-order valence-corrected chi connectivity index (χ0v) is 19.6. The Morgan fingerprint density at radius 1 is 1.09 bits per heavy atom. The number of nitrogens with zero attached hydrogens (tertiary/aromatic N) is 1. The molecule has 3 aromatic rings. The van der Waals surface area contributed by atoms with E-state index in [1.165, 1.54) is 6.07 Å². The highest BCUT2D eigenvalue weighted by Crippen LogP contribution is 2.38. The number of nitrogens with one attached hydrogen (secondary N) is 1. The third kappa shape index (κ3) is 4.80. The van der Waals surface area contributed by atoms with E-state index in [1.807, 2.05) is 50.2 Å². The van der Waals surface area contributed by atoms with Gasteiger partial charge in [-0.3, -0.25) is 4.79 Å². The lowest BCUT2D eigenvalue weighted by atomic mass is 9.95. The molecule has 1 fully saturated rings. The van der Waals surface area contributed by atoms with Crippen molar-refractivity contribution in [3.8, 4) is 11.5 Å². The Kier molecular flexibility index (Phi) is 6.08. The molecule has 0 atom stereocenters. The van der Waals surface area contributed by atoms with E-state index >= 15 is 0 Å². The number of hydrogen-bond acceptors (Lipinski definition) is 6. The second-order valence-electron chi connectivity index (χ2n) is 9.48. The SMILES string of the molecule is CC1(C)COC(c2cc(C(=O)Nc3ccc(N4CCOc5ccccc54)cc3)cc(F)c2O)OC1. The zero-order chi connectivity index (χ0) is 24.6. The number of rotatable bonds is 4. The van der Waals surface area contributed by atoms with Crippen LogP contribution in [0.2, 0.25) is 0 Å². The van der Waals surface area contributed by atoms with Crippen LogP contribution in [0, 0.1) is 11.2 Å². The van der Waals surface area contributed by atoms with Crippen LogP contribution in [0.3, 0.4) is 0 Å². The summed E-state index contributed by atoms with van der Waals surface area (Å²) in [6, 6.07) is 17.6. The first-order valence-electron chi connectivity index (χ1n) is 11.5. The fraction of sp³-hybridized carbons (Fsp3) is 0.296. The van der Waals surface area contributed by atoms with Gasteiger partial charge in [-0.2, -0.15) is 0 Å². The Labute approximate surface area is 203 Å². The molecule has 0 saturated carbocycles. The Bertz CT molecular complexity index is 1230. The highest BCUT2D eigenvalue weighted by atomic mass is 19.1. The summed E-state index contributed by atoms with van der Waals surface area (Å²) in [7, 11) is 0. The number of fused-ring (bicyclic) bond motifs is 1.